The third-order valence-electron chi connectivity index (χ3n) is 2.91. The highest BCUT2D eigenvalue weighted by atomic mass is 16.6. The number of benzene rings is 1. The Hall–Kier alpha value is -2.70. The highest BCUT2D eigenvalue weighted by Crippen LogP contribution is 2.22. The van der Waals surface area contributed by atoms with Crippen LogP contribution in [0.25, 0.3) is 5.69 Å². The van der Waals surface area contributed by atoms with Gasteiger partial charge in [-0.05, 0) is 30.2 Å². The number of rotatable bonds is 4. The third-order valence-corrected chi connectivity index (χ3v) is 2.91. The van der Waals surface area contributed by atoms with E-state index in [1.807, 2.05) is 0 Å². The van der Waals surface area contributed by atoms with Gasteiger partial charge in [0, 0.05) is 0 Å². The molecule has 0 saturated carbocycles. The van der Waals surface area contributed by atoms with Crippen molar-refractivity contribution >= 4 is 11.9 Å². The number of nitrogens with zero attached hydrogens (tertiary/aromatic N) is 3. The first-order valence-electron chi connectivity index (χ1n) is 6.51. The number of hydrogen-bond acceptors (Lipinski definition) is 6. The van der Waals surface area contributed by atoms with Crippen LogP contribution in [0.4, 0.5) is 0 Å². The number of cyclic esters (lactones) is 2. The molecule has 3 rings (SSSR count). The molecule has 0 bridgehead atoms. The fraction of sp³-hybridized carbons (Fsp3) is 0.286. The van der Waals surface area contributed by atoms with Crippen molar-refractivity contribution < 1.29 is 19.1 Å². The van der Waals surface area contributed by atoms with E-state index in [1.54, 1.807) is 24.3 Å². The van der Waals surface area contributed by atoms with E-state index in [9.17, 15) is 9.59 Å². The Morgan fingerprint density at radius 3 is 2.57 bits per heavy atom. The summed E-state index contributed by atoms with van der Waals surface area (Å²) in [5, 5.41) is 7.49. The quantitative estimate of drug-likeness (QED) is 0.627. The largest absolute Gasteiger partial charge is 0.493 e. The molecule has 2 heterocycles. The van der Waals surface area contributed by atoms with E-state index >= 15 is 0 Å². The molecule has 108 valence electrons. The first-order chi connectivity index (χ1) is 10.1. The molecule has 0 aliphatic carbocycles. The number of ether oxygens (including phenoxy) is 2. The summed E-state index contributed by atoms with van der Waals surface area (Å²) in [6.07, 6.45) is 0. The van der Waals surface area contributed by atoms with Crippen LogP contribution >= 0.6 is 0 Å². The summed E-state index contributed by atoms with van der Waals surface area (Å²) >= 11 is 0. The minimum Gasteiger partial charge on any atom is -0.493 e. The van der Waals surface area contributed by atoms with Crippen LogP contribution in [0, 0.1) is 5.92 Å². The third kappa shape index (κ3) is 2.37. The second-order valence-corrected chi connectivity index (χ2v) is 5.07. The first kappa shape index (κ1) is 13.3. The molecule has 0 spiro atoms. The van der Waals surface area contributed by atoms with Gasteiger partial charge in [-0.25, -0.2) is 14.3 Å². The number of aromatic nitrogens is 3. The molecule has 1 aromatic carbocycles. The average Bonchev–Trinajstić information content (AvgIpc) is 3.00. The maximum absolute atomic E-state index is 11.6. The fourth-order valence-electron chi connectivity index (χ4n) is 1.91. The molecule has 7 nitrogen and oxygen atoms in total. The number of esters is 2. The fourth-order valence-corrected chi connectivity index (χ4v) is 1.91. The zero-order chi connectivity index (χ0) is 15.0. The number of carbonyl (C=O) groups is 2. The van der Waals surface area contributed by atoms with Crippen molar-refractivity contribution in [2.24, 2.45) is 5.92 Å². The van der Waals surface area contributed by atoms with E-state index in [0.717, 1.165) is 5.75 Å². The summed E-state index contributed by atoms with van der Waals surface area (Å²) in [6.45, 7) is 4.75. The van der Waals surface area contributed by atoms with Crippen molar-refractivity contribution in [1.82, 2.24) is 15.0 Å². The second kappa shape index (κ2) is 5.01. The molecule has 1 aliphatic rings. The Balaban J connectivity index is 1.87. The van der Waals surface area contributed by atoms with Gasteiger partial charge >= 0.3 is 11.9 Å². The zero-order valence-corrected chi connectivity index (χ0v) is 11.6. The van der Waals surface area contributed by atoms with Gasteiger partial charge < -0.3 is 9.47 Å². The molecule has 21 heavy (non-hydrogen) atoms. The van der Waals surface area contributed by atoms with E-state index in [1.165, 1.54) is 4.68 Å². The van der Waals surface area contributed by atoms with E-state index in [0.29, 0.717) is 18.2 Å². The van der Waals surface area contributed by atoms with Crippen molar-refractivity contribution in [3.63, 3.8) is 0 Å². The number of carbonyl (C=O) groups excluding carboxylic acids is 2. The van der Waals surface area contributed by atoms with Gasteiger partial charge in [0.2, 0.25) is 5.69 Å². The molecule has 2 aromatic rings. The van der Waals surface area contributed by atoms with Gasteiger partial charge in [0.05, 0.1) is 12.3 Å². The molecular formula is C14H13N3O4. The van der Waals surface area contributed by atoms with Crippen LogP contribution in [0.3, 0.4) is 0 Å². The average molecular weight is 287 g/mol. The van der Waals surface area contributed by atoms with Crippen LogP contribution in [0.2, 0.25) is 0 Å². The predicted octanol–water partition coefficient (Wildman–Crippen LogP) is 1.61. The van der Waals surface area contributed by atoms with Gasteiger partial charge in [-0.3, -0.25) is 0 Å². The highest BCUT2D eigenvalue weighted by Gasteiger charge is 2.37. The topological polar surface area (TPSA) is 83.3 Å². The number of fused-ring (bicyclic) bond motifs is 1. The summed E-state index contributed by atoms with van der Waals surface area (Å²) in [5.41, 5.74) is 0.600. The van der Waals surface area contributed by atoms with Gasteiger partial charge in [-0.15, -0.1) is 5.10 Å². The van der Waals surface area contributed by atoms with Gasteiger partial charge in [0.25, 0.3) is 0 Å². The van der Waals surface area contributed by atoms with Gasteiger partial charge in [0.15, 0.2) is 5.69 Å². The molecule has 0 N–H and O–H groups in total. The van der Waals surface area contributed by atoms with Crippen molar-refractivity contribution in [2.75, 3.05) is 6.61 Å². The standard InChI is InChI=1S/C14H13N3O4/c1-8(2)7-20-10-5-3-9(4-6-10)17-12-11(15-16-17)13(18)21-14(12)19/h3-6,8H,7H2,1-2H3. The molecule has 7 heteroatoms. The highest BCUT2D eigenvalue weighted by molar-refractivity contribution is 6.12. The lowest BCUT2D eigenvalue weighted by Crippen LogP contribution is -2.08. The SMILES string of the molecule is CC(C)COc1ccc(-n2nnc3c2C(=O)OC3=O)cc1. The molecule has 0 saturated heterocycles. The maximum Gasteiger partial charge on any atom is 0.369 e. The molecule has 0 amide bonds. The van der Waals surface area contributed by atoms with Crippen LogP contribution in [-0.4, -0.2) is 33.5 Å². The molecule has 1 aromatic heterocycles. The molecule has 0 atom stereocenters. The maximum atomic E-state index is 11.6. The summed E-state index contributed by atoms with van der Waals surface area (Å²) in [4.78, 5) is 23.0. The van der Waals surface area contributed by atoms with Crippen LogP contribution < -0.4 is 4.74 Å². The van der Waals surface area contributed by atoms with Crippen molar-refractivity contribution in [3.8, 4) is 11.4 Å². The molecule has 0 fully saturated rings. The minimum atomic E-state index is -0.766. The van der Waals surface area contributed by atoms with Crippen molar-refractivity contribution in [3.05, 3.63) is 35.7 Å². The Morgan fingerprint density at radius 2 is 1.90 bits per heavy atom. The smallest absolute Gasteiger partial charge is 0.369 e. The van der Waals surface area contributed by atoms with Gasteiger partial charge in [-0.2, -0.15) is 0 Å². The number of hydrogen-bond donors (Lipinski definition) is 0. The van der Waals surface area contributed by atoms with Gasteiger partial charge in [0.1, 0.15) is 5.75 Å². The Labute approximate surface area is 120 Å². The minimum absolute atomic E-state index is 0.0517. The molecule has 0 radical (unpaired) electrons. The predicted molar refractivity (Wildman–Crippen MR) is 71.4 cm³/mol. The Kier molecular flexibility index (Phi) is 3.17. The summed E-state index contributed by atoms with van der Waals surface area (Å²) in [6, 6.07) is 7.02. The van der Waals surface area contributed by atoms with Crippen LogP contribution in [0.15, 0.2) is 24.3 Å². The molecule has 0 unspecified atom stereocenters. The Bertz CT molecular complexity index is 704. The Morgan fingerprint density at radius 1 is 1.19 bits per heavy atom. The normalized spacial score (nSPS) is 13.5. The first-order valence-corrected chi connectivity index (χ1v) is 6.51. The zero-order valence-electron chi connectivity index (χ0n) is 11.6. The van der Waals surface area contributed by atoms with Crippen LogP contribution in [0.5, 0.6) is 5.75 Å². The molecular weight excluding hydrogens is 274 g/mol. The lowest BCUT2D eigenvalue weighted by molar-refractivity contribution is 0.0434. The van der Waals surface area contributed by atoms with Crippen LogP contribution in [0.1, 0.15) is 34.8 Å². The van der Waals surface area contributed by atoms with Crippen LogP contribution in [-0.2, 0) is 4.74 Å². The van der Waals surface area contributed by atoms with Gasteiger partial charge in [-0.1, -0.05) is 19.1 Å². The molecule has 1 aliphatic heterocycles. The van der Waals surface area contributed by atoms with Crippen molar-refractivity contribution in [2.45, 2.75) is 13.8 Å². The lowest BCUT2D eigenvalue weighted by Gasteiger charge is -2.09. The van der Waals surface area contributed by atoms with E-state index in [-0.39, 0.29) is 11.4 Å². The summed E-state index contributed by atoms with van der Waals surface area (Å²) in [7, 11) is 0. The monoisotopic (exact) mass is 287 g/mol. The second-order valence-electron chi connectivity index (χ2n) is 5.07. The summed E-state index contributed by atoms with van der Waals surface area (Å²) in [5.74, 6) is -0.342. The van der Waals surface area contributed by atoms with E-state index in [2.05, 4.69) is 28.9 Å². The van der Waals surface area contributed by atoms with Crippen molar-refractivity contribution in [1.29, 1.82) is 0 Å². The van der Waals surface area contributed by atoms with E-state index < -0.39 is 11.9 Å². The van der Waals surface area contributed by atoms with E-state index in [4.69, 9.17) is 4.74 Å². The lowest BCUT2D eigenvalue weighted by atomic mass is 10.2. The summed E-state index contributed by atoms with van der Waals surface area (Å²) < 4.78 is 11.4.